The fourth-order valence-electron chi connectivity index (χ4n) is 25.8. The minimum absolute atomic E-state index is 0.246. The van der Waals surface area contributed by atoms with Crippen LogP contribution in [0.1, 0.15) is 49.9 Å². The fraction of sp³-hybridized carbons (Fsp3) is 0.141. The third kappa shape index (κ3) is 1.61. The van der Waals surface area contributed by atoms with Gasteiger partial charge in [-0.25, -0.2) is 0 Å². The van der Waals surface area contributed by atoms with Gasteiger partial charge < -0.3 is 0 Å². The van der Waals surface area contributed by atoms with Gasteiger partial charge in [0.1, 0.15) is 0 Å². The molecule has 33 rings (SSSR count). The lowest BCUT2D eigenvalue weighted by molar-refractivity contribution is -0.121. The average molecular weight is 902 g/mol. The zero-order valence-electron chi connectivity index (χ0n) is 39.1. The molecule has 2 unspecified atom stereocenters. The molecule has 28 aromatic rings. The molecule has 0 radical (unpaired) electrons. The van der Waals surface area contributed by atoms with Crippen molar-refractivity contribution in [3.05, 3.63) is 33.9 Å². The Bertz CT molecular complexity index is 7130. The first-order valence-corrected chi connectivity index (χ1v) is 27.5. The van der Waals surface area contributed by atoms with Gasteiger partial charge in [-0.1, -0.05) is 26.3 Å². The Morgan fingerprint density at radius 1 is 0.315 bits per heavy atom. The topological polar surface area (TPSA) is 20.3 Å². The van der Waals surface area contributed by atoms with Crippen molar-refractivity contribution < 1.29 is 4.79 Å². The van der Waals surface area contributed by atoms with Gasteiger partial charge in [0, 0.05) is 25.0 Å². The number of ketones is 1. The summed E-state index contributed by atoms with van der Waals surface area (Å²) >= 11 is 0. The molecule has 314 valence electrons. The summed E-state index contributed by atoms with van der Waals surface area (Å²) in [6.07, 6.45) is 2.03. The summed E-state index contributed by atoms with van der Waals surface area (Å²) in [5, 5.41) is 89.5. The summed E-state index contributed by atoms with van der Waals surface area (Å²) in [5.74, 6) is 0.246. The molecule has 2 spiro atoms. The molecule has 2 atom stereocenters. The zero-order chi connectivity index (χ0) is 44.5. The normalized spacial score (nSPS) is 22.9. The van der Waals surface area contributed by atoms with Crippen LogP contribution < -0.4 is 0 Å². The molecule has 1 heterocycles. The van der Waals surface area contributed by atoms with Crippen LogP contribution in [-0.2, 0) is 15.6 Å². The number of carbonyl (C=O) groups excluding carboxylic acids is 1. The number of allylic oxidation sites excluding steroid dienone is 1. The van der Waals surface area contributed by atoms with E-state index >= 15 is 0 Å². The molecule has 0 saturated carbocycles. The van der Waals surface area contributed by atoms with Crippen LogP contribution in [0.3, 0.4) is 0 Å². The SMILES string of the molecule is C/C(=C\C(=O)C(C)(C)C)CN1CC23c4c5c6c7c8c9c(c%10c%11c2c2c%12c4c4c%13c5c5c7c7c8c8c%14c9c%10c9c%10c%11c2c2c%11c%12c4c4c%12c%13c5c5c7c7c8c8c%14c9c9c%10c2c2c%11c4c4c%12c5c7c5c8c9c2c45)C63C1. The molecule has 0 bridgehead atoms. The second-order valence-electron chi connectivity index (χ2n) is 28.3. The van der Waals surface area contributed by atoms with Crippen LogP contribution >= 0.6 is 0 Å². The summed E-state index contributed by atoms with van der Waals surface area (Å²) in [6.45, 7) is 11.4. The molecular formula is C71H19NO. The maximum Gasteiger partial charge on any atom is 0.160 e. The molecule has 0 amide bonds. The summed E-state index contributed by atoms with van der Waals surface area (Å²) in [6, 6.07) is 0. The summed E-state index contributed by atoms with van der Waals surface area (Å²) in [7, 11) is 0. The molecule has 0 aromatic heterocycles. The van der Waals surface area contributed by atoms with E-state index in [0.717, 1.165) is 19.6 Å². The second kappa shape index (κ2) is 6.50. The van der Waals surface area contributed by atoms with Gasteiger partial charge in [-0.2, -0.15) is 0 Å². The molecule has 2 nitrogen and oxygen atoms in total. The molecule has 28 aromatic carbocycles. The quantitative estimate of drug-likeness (QED) is 0.130. The molecule has 73 heavy (non-hydrogen) atoms. The Morgan fingerprint density at radius 2 is 0.479 bits per heavy atom. The maximum atomic E-state index is 13.9. The number of hydrogen-bond donors (Lipinski definition) is 0. The van der Waals surface area contributed by atoms with Crippen LogP contribution in [0.5, 0.6) is 0 Å². The number of hydrogen-bond acceptors (Lipinski definition) is 2. The highest BCUT2D eigenvalue weighted by Crippen LogP contribution is 2.85. The first-order valence-electron chi connectivity index (χ1n) is 27.5. The zero-order valence-corrected chi connectivity index (χ0v) is 39.1. The Hall–Kier alpha value is -8.17. The van der Waals surface area contributed by atoms with Crippen molar-refractivity contribution in [2.45, 2.75) is 38.5 Å². The first kappa shape index (κ1) is 28.8. The minimum Gasteiger partial charge on any atom is -0.297 e. The molecule has 5 aliphatic rings. The van der Waals surface area contributed by atoms with Gasteiger partial charge in [0.15, 0.2) is 5.78 Å². The monoisotopic (exact) mass is 901 g/mol. The van der Waals surface area contributed by atoms with Crippen molar-refractivity contribution in [1.82, 2.24) is 4.90 Å². The Kier molecular flexibility index (Phi) is 2.56. The van der Waals surface area contributed by atoms with Crippen molar-refractivity contribution in [2.75, 3.05) is 19.6 Å². The molecule has 2 heteroatoms. The van der Waals surface area contributed by atoms with E-state index in [4.69, 9.17) is 0 Å². The van der Waals surface area contributed by atoms with E-state index < -0.39 is 5.41 Å². The number of rotatable bonds is 3. The molecule has 1 fully saturated rings. The minimum atomic E-state index is -0.406. The number of nitrogens with zero attached hydrogens (tertiary/aromatic N) is 1. The third-order valence-corrected chi connectivity index (χ3v) is 26.2. The number of carbonyl (C=O) groups is 1. The predicted octanol–water partition coefficient (Wildman–Crippen LogP) is 18.2. The number of likely N-dealkylation sites (tertiary alicyclic amines) is 1. The average Bonchev–Trinajstić information content (AvgIpc) is 3.99. The molecule has 1 saturated heterocycles. The van der Waals surface area contributed by atoms with Crippen LogP contribution in [0.2, 0.25) is 0 Å². The second-order valence-corrected chi connectivity index (χ2v) is 28.3. The van der Waals surface area contributed by atoms with Crippen molar-refractivity contribution in [3.63, 3.8) is 0 Å². The third-order valence-electron chi connectivity index (χ3n) is 26.2. The lowest BCUT2D eigenvalue weighted by Gasteiger charge is -2.48. The van der Waals surface area contributed by atoms with E-state index in [0.29, 0.717) is 0 Å². The molecule has 4 aliphatic carbocycles. The molecule has 1 aliphatic heterocycles. The predicted molar refractivity (Wildman–Crippen MR) is 309 cm³/mol. The Labute approximate surface area is 401 Å². The Morgan fingerprint density at radius 3 is 0.699 bits per heavy atom. The highest BCUT2D eigenvalue weighted by atomic mass is 16.1. The van der Waals surface area contributed by atoms with Crippen LogP contribution in [0.15, 0.2) is 11.6 Å². The van der Waals surface area contributed by atoms with Crippen LogP contribution in [-0.4, -0.2) is 30.3 Å². The van der Waals surface area contributed by atoms with Crippen molar-refractivity contribution in [3.8, 4) is 0 Å². The highest BCUT2D eigenvalue weighted by molar-refractivity contribution is 6.82. The maximum absolute atomic E-state index is 13.9. The Balaban J connectivity index is 1.08. The van der Waals surface area contributed by atoms with Gasteiger partial charge in [-0.3, -0.25) is 9.69 Å². The van der Waals surface area contributed by atoms with Gasteiger partial charge in [-0.05, 0) is 326 Å². The fourth-order valence-corrected chi connectivity index (χ4v) is 25.8. The van der Waals surface area contributed by atoms with E-state index in [1.54, 1.807) is 313 Å². The summed E-state index contributed by atoms with van der Waals surface area (Å²) in [4.78, 5) is 16.9. The van der Waals surface area contributed by atoms with Crippen LogP contribution in [0, 0.1) is 5.41 Å². The highest BCUT2D eigenvalue weighted by Gasteiger charge is 2.73. The largest absolute Gasteiger partial charge is 0.297 e. The van der Waals surface area contributed by atoms with E-state index in [9.17, 15) is 4.79 Å². The summed E-state index contributed by atoms with van der Waals surface area (Å²) < 4.78 is 0. The lowest BCUT2D eigenvalue weighted by Crippen LogP contribution is -2.49. The number of benzene rings is 17. The standard InChI is InChI=1S/C71H19NO/c1-9(5-10(73)69(2,3)4)6-72-7-70-65-58-51-39-31-22-13-11-12-14-17(13)26-33(31)41-42-34(26)32-23(14)25-21-16(12)19-18-15(11)20-24(22)37(39)45-43-29(20)27(18)35-36-28(19)30(21)44-46-38(25)40(32)52-54(42)63(62(65)53(41)51)66-59(52)57(46)61-50(44)48(36)55-47(35)49(43)60(56(45)58)67(70)64(55)68(61)71(66,70)8-72/h5H,6-8H2,1-4H3/b9-5+. The van der Waals surface area contributed by atoms with E-state index in [2.05, 4.69) is 32.6 Å². The van der Waals surface area contributed by atoms with Crippen molar-refractivity contribution in [2.24, 2.45) is 5.41 Å². The van der Waals surface area contributed by atoms with Crippen molar-refractivity contribution in [1.29, 1.82) is 0 Å². The molecular weight excluding hydrogens is 883 g/mol. The first-order chi connectivity index (χ1) is 35.8. The van der Waals surface area contributed by atoms with Crippen LogP contribution in [0.25, 0.3) is 291 Å². The van der Waals surface area contributed by atoms with Crippen molar-refractivity contribution >= 4 is 297 Å². The lowest BCUT2D eigenvalue weighted by atomic mass is 9.52. The van der Waals surface area contributed by atoms with Crippen LogP contribution in [0.4, 0.5) is 0 Å². The summed E-state index contributed by atoms with van der Waals surface area (Å²) in [5.41, 5.74) is 7.28. The van der Waals surface area contributed by atoms with E-state index in [-0.39, 0.29) is 16.6 Å². The van der Waals surface area contributed by atoms with E-state index in [1.807, 2.05) is 6.08 Å². The van der Waals surface area contributed by atoms with Gasteiger partial charge in [0.25, 0.3) is 0 Å². The smallest absolute Gasteiger partial charge is 0.160 e. The van der Waals surface area contributed by atoms with Gasteiger partial charge in [-0.15, -0.1) is 0 Å². The molecule has 0 N–H and O–H groups in total. The van der Waals surface area contributed by atoms with E-state index in [1.165, 1.54) is 5.57 Å². The van der Waals surface area contributed by atoms with Gasteiger partial charge in [0.2, 0.25) is 0 Å². The van der Waals surface area contributed by atoms with Gasteiger partial charge in [0.05, 0.1) is 10.8 Å². The van der Waals surface area contributed by atoms with Gasteiger partial charge >= 0.3 is 0 Å².